The third-order valence-corrected chi connectivity index (χ3v) is 2.34. The summed E-state index contributed by atoms with van der Waals surface area (Å²) in [6.07, 6.45) is -1.38. The fourth-order valence-corrected chi connectivity index (χ4v) is 1.62. The Bertz CT molecular complexity index is 490. The summed E-state index contributed by atoms with van der Waals surface area (Å²) in [5, 5.41) is 9.57. The van der Waals surface area contributed by atoms with Crippen molar-refractivity contribution in [3.63, 3.8) is 0 Å². The molecule has 4 heteroatoms. The molecule has 80 valence electrons. The standard InChI is InChI=1S/C12H9NO3/c1-2-5-10(14)13-11(15)8-6-3-4-7-9(8)12(13)16/h3-4,6-7,10,14H,1H3. The second-order valence-electron chi connectivity index (χ2n) is 3.29. The zero-order valence-electron chi connectivity index (χ0n) is 8.60. The van der Waals surface area contributed by atoms with Crippen LogP contribution in [0.15, 0.2) is 24.3 Å². The molecule has 1 aromatic rings. The van der Waals surface area contributed by atoms with Gasteiger partial charge in [0.2, 0.25) is 6.23 Å². The van der Waals surface area contributed by atoms with E-state index in [0.29, 0.717) is 11.1 Å². The largest absolute Gasteiger partial charge is 0.363 e. The lowest BCUT2D eigenvalue weighted by atomic mass is 10.1. The number of nitrogens with zero attached hydrogens (tertiary/aromatic N) is 1. The highest BCUT2D eigenvalue weighted by atomic mass is 16.3. The lowest BCUT2D eigenvalue weighted by Crippen LogP contribution is -2.38. The number of benzene rings is 1. The maximum atomic E-state index is 11.8. The van der Waals surface area contributed by atoms with Crippen LogP contribution in [0, 0.1) is 11.8 Å². The van der Waals surface area contributed by atoms with Crippen LogP contribution < -0.4 is 0 Å². The van der Waals surface area contributed by atoms with E-state index in [1.165, 1.54) is 6.92 Å². The Balaban J connectivity index is 2.45. The van der Waals surface area contributed by atoms with Crippen LogP contribution in [-0.4, -0.2) is 28.0 Å². The molecule has 2 amide bonds. The number of hydrogen-bond donors (Lipinski definition) is 1. The van der Waals surface area contributed by atoms with Crippen molar-refractivity contribution in [3.05, 3.63) is 35.4 Å². The van der Waals surface area contributed by atoms with E-state index in [1.807, 2.05) is 0 Å². The van der Waals surface area contributed by atoms with Crippen LogP contribution >= 0.6 is 0 Å². The molecule has 1 aliphatic heterocycles. The van der Waals surface area contributed by atoms with Crippen LogP contribution in [0.4, 0.5) is 0 Å². The van der Waals surface area contributed by atoms with Gasteiger partial charge in [-0.25, -0.2) is 4.90 Å². The summed E-state index contributed by atoms with van der Waals surface area (Å²) in [4.78, 5) is 24.4. The Hall–Kier alpha value is -2.12. The topological polar surface area (TPSA) is 57.6 Å². The first-order valence-corrected chi connectivity index (χ1v) is 4.74. The average Bonchev–Trinajstić information content (AvgIpc) is 2.53. The molecule has 4 nitrogen and oxygen atoms in total. The Kier molecular flexibility index (Phi) is 2.47. The molecule has 1 aliphatic rings. The fraction of sp³-hybridized carbons (Fsp3) is 0.167. The first kappa shape index (κ1) is 10.4. The van der Waals surface area contributed by atoms with Crippen molar-refractivity contribution in [3.8, 4) is 11.8 Å². The number of aliphatic hydroxyl groups excluding tert-OH is 1. The van der Waals surface area contributed by atoms with E-state index in [2.05, 4.69) is 11.8 Å². The lowest BCUT2D eigenvalue weighted by Gasteiger charge is -2.15. The highest BCUT2D eigenvalue weighted by Gasteiger charge is 2.38. The van der Waals surface area contributed by atoms with Gasteiger partial charge in [0.1, 0.15) is 0 Å². The van der Waals surface area contributed by atoms with Crippen LogP contribution in [0.3, 0.4) is 0 Å². The van der Waals surface area contributed by atoms with Crippen molar-refractivity contribution < 1.29 is 14.7 Å². The number of aliphatic hydroxyl groups is 1. The molecule has 1 heterocycles. The molecule has 1 aromatic carbocycles. The quantitative estimate of drug-likeness (QED) is 0.552. The van der Waals surface area contributed by atoms with Crippen molar-refractivity contribution in [2.24, 2.45) is 0 Å². The van der Waals surface area contributed by atoms with E-state index in [4.69, 9.17) is 0 Å². The molecule has 0 saturated heterocycles. The highest BCUT2D eigenvalue weighted by Crippen LogP contribution is 2.23. The number of imide groups is 1. The maximum Gasteiger partial charge on any atom is 0.264 e. The van der Waals surface area contributed by atoms with Gasteiger partial charge < -0.3 is 5.11 Å². The van der Waals surface area contributed by atoms with Gasteiger partial charge in [0.25, 0.3) is 11.8 Å². The summed E-state index contributed by atoms with van der Waals surface area (Å²) in [6.45, 7) is 1.53. The molecular weight excluding hydrogens is 206 g/mol. The minimum absolute atomic E-state index is 0.310. The van der Waals surface area contributed by atoms with Crippen LogP contribution in [0.1, 0.15) is 27.6 Å². The number of carbonyl (C=O) groups is 2. The van der Waals surface area contributed by atoms with Crippen molar-refractivity contribution in [2.75, 3.05) is 0 Å². The SMILES string of the molecule is CC#CC(O)N1C(=O)c2ccccc2C1=O. The molecule has 2 rings (SSSR count). The van der Waals surface area contributed by atoms with E-state index in [9.17, 15) is 14.7 Å². The van der Waals surface area contributed by atoms with Gasteiger partial charge in [-0.1, -0.05) is 12.1 Å². The van der Waals surface area contributed by atoms with E-state index in [-0.39, 0.29) is 0 Å². The minimum Gasteiger partial charge on any atom is -0.363 e. The summed E-state index contributed by atoms with van der Waals surface area (Å²) in [5.41, 5.74) is 0.619. The zero-order valence-corrected chi connectivity index (χ0v) is 8.60. The summed E-state index contributed by atoms with van der Waals surface area (Å²) >= 11 is 0. The monoisotopic (exact) mass is 215 g/mol. The predicted molar refractivity (Wildman–Crippen MR) is 56.4 cm³/mol. The summed E-state index contributed by atoms with van der Waals surface area (Å²) in [7, 11) is 0. The second kappa shape index (κ2) is 3.80. The number of amides is 2. The number of fused-ring (bicyclic) bond motifs is 1. The fourth-order valence-electron chi connectivity index (χ4n) is 1.62. The van der Waals surface area contributed by atoms with Crippen molar-refractivity contribution in [1.29, 1.82) is 0 Å². The summed E-state index contributed by atoms with van der Waals surface area (Å²) in [6, 6.07) is 6.46. The predicted octanol–water partition coefficient (Wildman–Crippen LogP) is 0.624. The van der Waals surface area contributed by atoms with Crippen LogP contribution in [-0.2, 0) is 0 Å². The third-order valence-electron chi connectivity index (χ3n) is 2.34. The Morgan fingerprint density at radius 2 is 1.69 bits per heavy atom. The van der Waals surface area contributed by atoms with Crippen LogP contribution in [0.25, 0.3) is 0 Å². The molecule has 1 atom stereocenters. The molecule has 1 N–H and O–H groups in total. The molecule has 0 spiro atoms. The highest BCUT2D eigenvalue weighted by molar-refractivity contribution is 6.21. The minimum atomic E-state index is -1.38. The van der Waals surface area contributed by atoms with Crippen molar-refractivity contribution in [2.45, 2.75) is 13.2 Å². The maximum absolute atomic E-state index is 11.8. The molecule has 0 aromatic heterocycles. The first-order chi connectivity index (χ1) is 7.66. The van der Waals surface area contributed by atoms with E-state index >= 15 is 0 Å². The van der Waals surface area contributed by atoms with Crippen LogP contribution in [0.5, 0.6) is 0 Å². The third kappa shape index (κ3) is 1.38. The Morgan fingerprint density at radius 1 is 1.19 bits per heavy atom. The van der Waals surface area contributed by atoms with Crippen LogP contribution in [0.2, 0.25) is 0 Å². The molecule has 0 saturated carbocycles. The van der Waals surface area contributed by atoms with Gasteiger partial charge in [-0.05, 0) is 25.0 Å². The van der Waals surface area contributed by atoms with E-state index < -0.39 is 18.0 Å². The number of carbonyl (C=O) groups excluding carboxylic acids is 2. The van der Waals surface area contributed by atoms with Gasteiger partial charge in [-0.15, -0.1) is 5.92 Å². The van der Waals surface area contributed by atoms with Gasteiger partial charge in [-0.2, -0.15) is 0 Å². The molecular formula is C12H9NO3. The van der Waals surface area contributed by atoms with E-state index in [0.717, 1.165) is 4.90 Å². The molecule has 0 aliphatic carbocycles. The van der Waals surface area contributed by atoms with Gasteiger partial charge in [0.15, 0.2) is 0 Å². The second-order valence-corrected chi connectivity index (χ2v) is 3.29. The molecule has 0 bridgehead atoms. The number of hydrogen-bond acceptors (Lipinski definition) is 3. The molecule has 0 radical (unpaired) electrons. The molecule has 1 unspecified atom stereocenters. The van der Waals surface area contributed by atoms with Gasteiger partial charge in [0.05, 0.1) is 11.1 Å². The van der Waals surface area contributed by atoms with Gasteiger partial charge in [0, 0.05) is 0 Å². The van der Waals surface area contributed by atoms with E-state index in [1.54, 1.807) is 24.3 Å². The summed E-state index contributed by atoms with van der Waals surface area (Å²) < 4.78 is 0. The zero-order chi connectivity index (χ0) is 11.7. The number of rotatable bonds is 1. The van der Waals surface area contributed by atoms with Crippen molar-refractivity contribution in [1.82, 2.24) is 4.90 Å². The van der Waals surface area contributed by atoms with Gasteiger partial charge in [-0.3, -0.25) is 9.59 Å². The van der Waals surface area contributed by atoms with Gasteiger partial charge >= 0.3 is 0 Å². The first-order valence-electron chi connectivity index (χ1n) is 4.74. The Labute approximate surface area is 92.5 Å². The normalized spacial score (nSPS) is 15.5. The molecule has 16 heavy (non-hydrogen) atoms. The van der Waals surface area contributed by atoms with Crippen molar-refractivity contribution >= 4 is 11.8 Å². The molecule has 0 fully saturated rings. The summed E-state index contributed by atoms with van der Waals surface area (Å²) in [5.74, 6) is 3.83. The lowest BCUT2D eigenvalue weighted by molar-refractivity contribution is 0.0334. The average molecular weight is 215 g/mol. The smallest absolute Gasteiger partial charge is 0.264 e. The Morgan fingerprint density at radius 3 is 2.12 bits per heavy atom.